The first-order valence-corrected chi connectivity index (χ1v) is 9.65. The molecule has 0 amide bonds. The minimum atomic E-state index is 0.751. The summed E-state index contributed by atoms with van der Waals surface area (Å²) in [6, 6.07) is 12.0. The van der Waals surface area contributed by atoms with Gasteiger partial charge in [-0.2, -0.15) is 0 Å². The Morgan fingerprint density at radius 3 is 1.44 bits per heavy atom. The lowest BCUT2D eigenvalue weighted by Crippen LogP contribution is -2.30. The van der Waals surface area contributed by atoms with Crippen molar-refractivity contribution in [3.8, 4) is 0 Å². The highest BCUT2D eigenvalue weighted by molar-refractivity contribution is 5.79. The quantitative estimate of drug-likeness (QED) is 0.573. The van der Waals surface area contributed by atoms with Crippen molar-refractivity contribution in [1.82, 2.24) is 0 Å². The van der Waals surface area contributed by atoms with Crippen molar-refractivity contribution in [1.29, 1.82) is 0 Å². The molecular formula is C23H30N2O2. The molecule has 0 aliphatic heterocycles. The largest absolute Gasteiger partial charge is 0.372 e. The average Bonchev–Trinajstić information content (AvgIpc) is 2.68. The second-order valence-corrected chi connectivity index (χ2v) is 6.83. The minimum Gasteiger partial charge on any atom is -0.372 e. The summed E-state index contributed by atoms with van der Waals surface area (Å²) in [5, 5.41) is 0. The number of anilines is 2. The molecule has 2 aromatic carbocycles. The zero-order valence-electron chi connectivity index (χ0n) is 16.9. The molecule has 2 rings (SSSR count). The van der Waals surface area contributed by atoms with Gasteiger partial charge in [0.05, 0.1) is 0 Å². The van der Waals surface area contributed by atoms with E-state index in [2.05, 4.69) is 35.8 Å². The predicted octanol–water partition coefficient (Wildman–Crippen LogP) is 4.67. The smallest absolute Gasteiger partial charge is 0.150 e. The molecule has 0 radical (unpaired) electrons. The minimum absolute atomic E-state index is 0.751. The first-order chi connectivity index (χ1) is 13.0. The van der Waals surface area contributed by atoms with Crippen molar-refractivity contribution < 1.29 is 9.59 Å². The fraction of sp³-hybridized carbons (Fsp3) is 0.391. The zero-order valence-corrected chi connectivity index (χ0v) is 16.9. The van der Waals surface area contributed by atoms with Crippen LogP contribution in [0.15, 0.2) is 36.4 Å². The van der Waals surface area contributed by atoms with E-state index < -0.39 is 0 Å². The van der Waals surface area contributed by atoms with E-state index in [1.165, 1.54) is 0 Å². The summed E-state index contributed by atoms with van der Waals surface area (Å²) in [6.07, 6.45) is 2.85. The summed E-state index contributed by atoms with van der Waals surface area (Å²) in [7, 11) is 0. The molecule has 0 fully saturated rings. The predicted molar refractivity (Wildman–Crippen MR) is 114 cm³/mol. The third kappa shape index (κ3) is 5.19. The highest BCUT2D eigenvalue weighted by atomic mass is 16.1. The van der Waals surface area contributed by atoms with E-state index in [-0.39, 0.29) is 0 Å². The summed E-state index contributed by atoms with van der Waals surface area (Å²) < 4.78 is 0. The van der Waals surface area contributed by atoms with Gasteiger partial charge in [0.15, 0.2) is 0 Å². The molecule has 0 atom stereocenters. The van der Waals surface area contributed by atoms with Crippen LogP contribution in [0.3, 0.4) is 0 Å². The summed E-state index contributed by atoms with van der Waals surface area (Å²) in [6.45, 7) is 12.0. The number of hydrogen-bond acceptors (Lipinski definition) is 4. The monoisotopic (exact) mass is 366 g/mol. The van der Waals surface area contributed by atoms with Crippen molar-refractivity contribution in [3.05, 3.63) is 58.7 Å². The van der Waals surface area contributed by atoms with Crippen LogP contribution in [-0.4, -0.2) is 38.8 Å². The van der Waals surface area contributed by atoms with Gasteiger partial charge >= 0.3 is 0 Å². The lowest BCUT2D eigenvalue weighted by Gasteiger charge is -2.27. The topological polar surface area (TPSA) is 40.6 Å². The van der Waals surface area contributed by atoms with Gasteiger partial charge in [0, 0.05) is 48.7 Å². The highest BCUT2D eigenvalue weighted by Gasteiger charge is 2.10. The molecule has 0 aliphatic carbocycles. The van der Waals surface area contributed by atoms with Gasteiger partial charge in [-0.15, -0.1) is 0 Å². The molecule has 4 nitrogen and oxygen atoms in total. The number of aryl methyl sites for hydroxylation is 2. The molecule has 0 saturated heterocycles. The molecule has 0 spiro atoms. The number of nitrogens with zero attached hydrogens (tertiary/aromatic N) is 2. The molecule has 27 heavy (non-hydrogen) atoms. The van der Waals surface area contributed by atoms with Crippen molar-refractivity contribution in [3.63, 3.8) is 0 Å². The normalized spacial score (nSPS) is 10.5. The molecule has 0 bridgehead atoms. The van der Waals surface area contributed by atoms with Gasteiger partial charge in [0.2, 0.25) is 0 Å². The second-order valence-electron chi connectivity index (χ2n) is 6.83. The van der Waals surface area contributed by atoms with Gasteiger partial charge in [0.25, 0.3) is 0 Å². The maximum absolute atomic E-state index is 11.0. The van der Waals surface area contributed by atoms with Gasteiger partial charge in [0.1, 0.15) is 12.6 Å². The molecule has 0 heterocycles. The van der Waals surface area contributed by atoms with Crippen molar-refractivity contribution in [2.45, 2.75) is 34.1 Å². The third-order valence-electron chi connectivity index (χ3n) is 5.11. The van der Waals surface area contributed by atoms with E-state index in [4.69, 9.17) is 0 Å². The molecule has 0 aromatic heterocycles. The SMILES string of the molecule is CCN(CCCN(CC)c1ccc(C=O)c(C)c1)c1ccc(C=O)c(C)c1. The summed E-state index contributed by atoms with van der Waals surface area (Å²) in [4.78, 5) is 26.7. The van der Waals surface area contributed by atoms with Gasteiger partial charge < -0.3 is 9.80 Å². The van der Waals surface area contributed by atoms with E-state index in [0.29, 0.717) is 0 Å². The van der Waals surface area contributed by atoms with E-state index >= 15 is 0 Å². The van der Waals surface area contributed by atoms with Crippen LogP contribution in [0.25, 0.3) is 0 Å². The Kier molecular flexibility index (Phi) is 7.59. The highest BCUT2D eigenvalue weighted by Crippen LogP contribution is 2.21. The maximum atomic E-state index is 11.0. The van der Waals surface area contributed by atoms with E-state index in [1.54, 1.807) is 0 Å². The maximum Gasteiger partial charge on any atom is 0.150 e. The van der Waals surface area contributed by atoms with Crippen LogP contribution >= 0.6 is 0 Å². The number of hydrogen-bond donors (Lipinski definition) is 0. The molecule has 0 aliphatic rings. The third-order valence-corrected chi connectivity index (χ3v) is 5.11. The van der Waals surface area contributed by atoms with E-state index in [0.717, 1.165) is 78.8 Å². The van der Waals surface area contributed by atoms with Crippen LogP contribution in [0.1, 0.15) is 52.1 Å². The molecule has 0 N–H and O–H groups in total. The molecule has 144 valence electrons. The number of carbonyl (C=O) groups is 2. The fourth-order valence-electron chi connectivity index (χ4n) is 3.37. The van der Waals surface area contributed by atoms with Crippen LogP contribution in [0, 0.1) is 13.8 Å². The number of rotatable bonds is 10. The van der Waals surface area contributed by atoms with Crippen molar-refractivity contribution >= 4 is 23.9 Å². The Hall–Kier alpha value is -2.62. The molecular weight excluding hydrogens is 336 g/mol. The van der Waals surface area contributed by atoms with E-state index in [9.17, 15) is 9.59 Å². The molecule has 4 heteroatoms. The zero-order chi connectivity index (χ0) is 19.8. The Bertz CT molecular complexity index is 720. The van der Waals surface area contributed by atoms with Gasteiger partial charge in [-0.3, -0.25) is 9.59 Å². The number of carbonyl (C=O) groups excluding carboxylic acids is 2. The van der Waals surface area contributed by atoms with Crippen LogP contribution in [-0.2, 0) is 0 Å². The van der Waals surface area contributed by atoms with Crippen LogP contribution in [0.5, 0.6) is 0 Å². The Labute approximate surface area is 162 Å². The Morgan fingerprint density at radius 1 is 0.741 bits per heavy atom. The van der Waals surface area contributed by atoms with Crippen LogP contribution in [0.2, 0.25) is 0 Å². The lowest BCUT2D eigenvalue weighted by molar-refractivity contribution is 0.111. The summed E-state index contributed by atoms with van der Waals surface area (Å²) in [5.74, 6) is 0. The summed E-state index contributed by atoms with van der Waals surface area (Å²) in [5.41, 5.74) is 5.86. The fourth-order valence-corrected chi connectivity index (χ4v) is 3.37. The lowest BCUT2D eigenvalue weighted by atomic mass is 10.1. The van der Waals surface area contributed by atoms with Crippen molar-refractivity contribution in [2.24, 2.45) is 0 Å². The first kappa shape index (κ1) is 20.7. The molecule has 2 aromatic rings. The summed E-state index contributed by atoms with van der Waals surface area (Å²) >= 11 is 0. The van der Waals surface area contributed by atoms with Gasteiger partial charge in [-0.25, -0.2) is 0 Å². The average molecular weight is 367 g/mol. The molecule has 0 saturated carbocycles. The Balaban J connectivity index is 2.01. The van der Waals surface area contributed by atoms with E-state index in [1.807, 2.05) is 38.1 Å². The van der Waals surface area contributed by atoms with Crippen LogP contribution < -0.4 is 9.80 Å². The van der Waals surface area contributed by atoms with Gasteiger partial charge in [-0.1, -0.05) is 0 Å². The number of aldehydes is 2. The van der Waals surface area contributed by atoms with Crippen molar-refractivity contribution in [2.75, 3.05) is 36.0 Å². The number of benzene rings is 2. The Morgan fingerprint density at radius 2 is 1.15 bits per heavy atom. The molecule has 0 unspecified atom stereocenters. The first-order valence-electron chi connectivity index (χ1n) is 9.65. The standard InChI is InChI=1S/C23H30N2O2/c1-5-24(22-10-8-20(16-26)18(3)14-22)12-7-13-25(6-2)23-11-9-21(17-27)19(4)15-23/h8-11,14-17H,5-7,12-13H2,1-4H3. The van der Waals surface area contributed by atoms with Gasteiger partial charge in [-0.05, 0) is 81.6 Å². The van der Waals surface area contributed by atoms with Crippen LogP contribution in [0.4, 0.5) is 11.4 Å². The second kappa shape index (κ2) is 9.91.